The Labute approximate surface area is 156 Å². The number of anilines is 1. The summed E-state index contributed by atoms with van der Waals surface area (Å²) in [6, 6.07) is 6.89. The average Bonchev–Trinajstić information content (AvgIpc) is 3.00. The first-order chi connectivity index (χ1) is 11.8. The Kier molecular flexibility index (Phi) is 3.10. The van der Waals surface area contributed by atoms with Crippen LogP contribution in [0.15, 0.2) is 29.0 Å². The minimum absolute atomic E-state index is 0.388. The summed E-state index contributed by atoms with van der Waals surface area (Å²) in [4.78, 5) is 15.4. The largest absolute Gasteiger partial charge is 0.351 e. The quantitative estimate of drug-likeness (QED) is 0.606. The van der Waals surface area contributed by atoms with Crippen molar-refractivity contribution in [2.45, 2.75) is 46.1 Å². The van der Waals surface area contributed by atoms with Crippen molar-refractivity contribution in [3.05, 3.63) is 29.0 Å². The maximum absolute atomic E-state index is 4.72. The van der Waals surface area contributed by atoms with Crippen LogP contribution in [0.1, 0.15) is 40.0 Å². The first-order valence-electron chi connectivity index (χ1n) is 9.02. The molecule has 3 heterocycles. The van der Waals surface area contributed by atoms with Crippen molar-refractivity contribution in [1.82, 2.24) is 15.0 Å². The van der Waals surface area contributed by atoms with Crippen LogP contribution in [0, 0.1) is 10.8 Å². The molecule has 2 bridgehead atoms. The van der Waals surface area contributed by atoms with E-state index in [0.717, 1.165) is 38.8 Å². The predicted molar refractivity (Wildman–Crippen MR) is 106 cm³/mol. The summed E-state index contributed by atoms with van der Waals surface area (Å²) in [6.07, 6.45) is 5.52. The Morgan fingerprint density at radius 2 is 2.04 bits per heavy atom. The van der Waals surface area contributed by atoms with Gasteiger partial charge in [-0.15, -0.1) is 0 Å². The summed E-state index contributed by atoms with van der Waals surface area (Å²) in [5.41, 5.74) is 4.01. The number of nitrogens with zero attached hydrogens (tertiary/aromatic N) is 3. The van der Waals surface area contributed by atoms with E-state index >= 15 is 0 Å². The molecule has 0 radical (unpaired) electrons. The molecular formula is C20H23BrN4. The zero-order valence-corrected chi connectivity index (χ0v) is 16.5. The SMILES string of the molecule is CC1(C)C[C@H]2C[C@@](C)(CN2c2ncnc3c2[nH]c2ccc(Br)cc23)C1. The van der Waals surface area contributed by atoms with Crippen molar-refractivity contribution in [3.8, 4) is 0 Å². The maximum Gasteiger partial charge on any atom is 0.156 e. The zero-order valence-electron chi connectivity index (χ0n) is 14.9. The van der Waals surface area contributed by atoms with Crippen LogP contribution in [-0.4, -0.2) is 27.5 Å². The van der Waals surface area contributed by atoms with E-state index in [2.05, 4.69) is 69.8 Å². The summed E-state index contributed by atoms with van der Waals surface area (Å²) < 4.78 is 1.08. The van der Waals surface area contributed by atoms with Crippen LogP contribution in [0.2, 0.25) is 0 Å². The minimum Gasteiger partial charge on any atom is -0.351 e. The molecule has 2 aromatic heterocycles. The van der Waals surface area contributed by atoms with Gasteiger partial charge in [-0.05, 0) is 48.3 Å². The molecule has 2 aliphatic rings. The number of aromatic nitrogens is 3. The Balaban J connectivity index is 1.68. The number of hydrogen-bond donors (Lipinski definition) is 1. The van der Waals surface area contributed by atoms with E-state index in [1.165, 1.54) is 19.3 Å². The van der Waals surface area contributed by atoms with E-state index in [-0.39, 0.29) is 0 Å². The molecule has 0 spiro atoms. The Hall–Kier alpha value is -1.62. The number of aromatic amines is 1. The molecule has 1 aliphatic carbocycles. The Bertz CT molecular complexity index is 992. The molecule has 1 N–H and O–H groups in total. The lowest BCUT2D eigenvalue weighted by molar-refractivity contribution is 0.136. The summed E-state index contributed by atoms with van der Waals surface area (Å²) >= 11 is 3.58. The minimum atomic E-state index is 0.388. The maximum atomic E-state index is 4.72. The second kappa shape index (κ2) is 4.97. The summed E-state index contributed by atoms with van der Waals surface area (Å²) in [5.74, 6) is 1.07. The van der Waals surface area contributed by atoms with Gasteiger partial charge in [-0.1, -0.05) is 36.7 Å². The van der Waals surface area contributed by atoms with Gasteiger partial charge in [0.2, 0.25) is 0 Å². The highest BCUT2D eigenvalue weighted by molar-refractivity contribution is 9.10. The van der Waals surface area contributed by atoms with Gasteiger partial charge >= 0.3 is 0 Å². The normalized spacial score (nSPS) is 28.2. The van der Waals surface area contributed by atoms with Crippen molar-refractivity contribution in [1.29, 1.82) is 0 Å². The molecule has 0 amide bonds. The molecule has 1 aromatic carbocycles. The van der Waals surface area contributed by atoms with E-state index in [9.17, 15) is 0 Å². The highest BCUT2D eigenvalue weighted by Crippen LogP contribution is 2.53. The van der Waals surface area contributed by atoms with Crippen molar-refractivity contribution in [2.24, 2.45) is 10.8 Å². The van der Waals surface area contributed by atoms with Crippen molar-refractivity contribution < 1.29 is 0 Å². The van der Waals surface area contributed by atoms with Gasteiger partial charge in [-0.3, -0.25) is 0 Å². The van der Waals surface area contributed by atoms with Crippen molar-refractivity contribution in [3.63, 3.8) is 0 Å². The summed E-state index contributed by atoms with van der Waals surface area (Å²) in [6.45, 7) is 8.36. The average molecular weight is 399 g/mol. The molecule has 130 valence electrons. The number of rotatable bonds is 1. The van der Waals surface area contributed by atoms with Gasteiger partial charge in [0.1, 0.15) is 17.4 Å². The van der Waals surface area contributed by atoms with Crippen LogP contribution >= 0.6 is 15.9 Å². The molecule has 2 fully saturated rings. The van der Waals surface area contributed by atoms with E-state index < -0.39 is 0 Å². The molecule has 2 atom stereocenters. The van der Waals surface area contributed by atoms with Gasteiger partial charge in [-0.25, -0.2) is 9.97 Å². The van der Waals surface area contributed by atoms with Crippen LogP contribution in [0.4, 0.5) is 5.82 Å². The van der Waals surface area contributed by atoms with Crippen LogP contribution < -0.4 is 4.90 Å². The second-order valence-corrected chi connectivity index (χ2v) is 9.99. The van der Waals surface area contributed by atoms with Gasteiger partial charge in [0.15, 0.2) is 5.82 Å². The number of hydrogen-bond acceptors (Lipinski definition) is 3. The van der Waals surface area contributed by atoms with Crippen molar-refractivity contribution >= 4 is 43.7 Å². The van der Waals surface area contributed by atoms with E-state index in [1.54, 1.807) is 6.33 Å². The lowest BCUT2D eigenvalue weighted by Crippen LogP contribution is -2.35. The second-order valence-electron chi connectivity index (χ2n) is 9.08. The molecule has 3 aromatic rings. The molecule has 0 unspecified atom stereocenters. The number of H-pyrrole nitrogens is 1. The third-order valence-electron chi connectivity index (χ3n) is 6.01. The van der Waals surface area contributed by atoms with Crippen LogP contribution in [-0.2, 0) is 0 Å². The third-order valence-corrected chi connectivity index (χ3v) is 6.50. The molecule has 1 aliphatic heterocycles. The van der Waals surface area contributed by atoms with Gasteiger partial charge in [0.05, 0.1) is 0 Å². The third kappa shape index (κ3) is 2.39. The number of fused-ring (bicyclic) bond motifs is 5. The highest BCUT2D eigenvalue weighted by atomic mass is 79.9. The van der Waals surface area contributed by atoms with Gasteiger partial charge in [0.25, 0.3) is 0 Å². The molecule has 1 saturated heterocycles. The summed E-state index contributed by atoms with van der Waals surface area (Å²) in [5, 5.41) is 1.15. The standard InChI is InChI=1S/C20H23BrN4/c1-19(2)7-13-8-20(3,9-19)10-25(13)18-17-16(22-11-23-18)14-6-12(21)4-5-15(14)24-17/h4-6,11,13,24H,7-10H2,1-3H3/t13-,20+/m0/s1. The topological polar surface area (TPSA) is 44.8 Å². The monoisotopic (exact) mass is 398 g/mol. The van der Waals surface area contributed by atoms with Gasteiger partial charge < -0.3 is 9.88 Å². The fraction of sp³-hybridized carbons (Fsp3) is 0.500. The van der Waals surface area contributed by atoms with Crippen LogP contribution in [0.5, 0.6) is 0 Å². The molecule has 5 heteroatoms. The fourth-order valence-electron chi connectivity index (χ4n) is 5.58. The number of halogens is 1. The molecule has 4 nitrogen and oxygen atoms in total. The first-order valence-corrected chi connectivity index (χ1v) is 9.82. The molecule has 1 saturated carbocycles. The van der Waals surface area contributed by atoms with E-state index in [1.807, 2.05) is 0 Å². The highest BCUT2D eigenvalue weighted by Gasteiger charge is 2.50. The molecule has 25 heavy (non-hydrogen) atoms. The Morgan fingerprint density at radius 3 is 2.88 bits per heavy atom. The number of nitrogens with one attached hydrogen (secondary N) is 1. The van der Waals surface area contributed by atoms with Crippen LogP contribution in [0.3, 0.4) is 0 Å². The lowest BCUT2D eigenvalue weighted by Gasteiger charge is -2.39. The van der Waals surface area contributed by atoms with Gasteiger partial charge in [-0.2, -0.15) is 0 Å². The smallest absolute Gasteiger partial charge is 0.156 e. The zero-order chi connectivity index (χ0) is 17.4. The molecular weight excluding hydrogens is 376 g/mol. The van der Waals surface area contributed by atoms with Crippen LogP contribution in [0.25, 0.3) is 21.9 Å². The Morgan fingerprint density at radius 1 is 1.20 bits per heavy atom. The molecule has 5 rings (SSSR count). The van der Waals surface area contributed by atoms with Crippen molar-refractivity contribution in [2.75, 3.05) is 11.4 Å². The number of benzene rings is 1. The van der Waals surface area contributed by atoms with E-state index in [4.69, 9.17) is 4.98 Å². The lowest BCUT2D eigenvalue weighted by atomic mass is 9.65. The van der Waals surface area contributed by atoms with Gasteiger partial charge in [0, 0.05) is 28.0 Å². The summed E-state index contributed by atoms with van der Waals surface area (Å²) in [7, 11) is 0. The van der Waals surface area contributed by atoms with E-state index in [0.29, 0.717) is 16.9 Å². The fourth-order valence-corrected chi connectivity index (χ4v) is 5.94. The predicted octanol–water partition coefficient (Wildman–Crippen LogP) is 5.28. The first kappa shape index (κ1) is 15.6.